The standard InChI is InChI=1S/C19H19F3N6O/c20-13-7-12(8-14(21)9-13)16-1-4-25-28(16)18(29)11-2-5-27(6-3-11)19-24-10-15(22)17(23)26-19/h4,7-11,16H,1-3,5-6H2,(H2,23,24,26). The van der Waals surface area contributed by atoms with Crippen molar-refractivity contribution in [1.29, 1.82) is 0 Å². The molecule has 0 spiro atoms. The lowest BCUT2D eigenvalue weighted by Crippen LogP contribution is -2.41. The van der Waals surface area contributed by atoms with Crippen LogP contribution in [0.5, 0.6) is 0 Å². The number of nitrogens with two attached hydrogens (primary N) is 1. The van der Waals surface area contributed by atoms with Crippen molar-refractivity contribution in [3.63, 3.8) is 0 Å². The number of carbonyl (C=O) groups is 1. The van der Waals surface area contributed by atoms with Crippen LogP contribution in [0.25, 0.3) is 0 Å². The second-order valence-electron chi connectivity index (χ2n) is 7.10. The summed E-state index contributed by atoms with van der Waals surface area (Å²) in [6.07, 6.45) is 4.05. The van der Waals surface area contributed by atoms with Crippen LogP contribution in [0.4, 0.5) is 24.9 Å². The van der Waals surface area contributed by atoms with Gasteiger partial charge in [-0.1, -0.05) is 0 Å². The maximum atomic E-state index is 13.6. The van der Waals surface area contributed by atoms with E-state index in [1.54, 1.807) is 6.21 Å². The summed E-state index contributed by atoms with van der Waals surface area (Å²) in [6, 6.07) is 2.72. The van der Waals surface area contributed by atoms with Crippen LogP contribution in [0.1, 0.15) is 30.9 Å². The van der Waals surface area contributed by atoms with Crippen LogP contribution in [-0.4, -0.2) is 40.2 Å². The highest BCUT2D eigenvalue weighted by Gasteiger charge is 2.35. The molecule has 2 aliphatic rings. The van der Waals surface area contributed by atoms with E-state index in [0.717, 1.165) is 12.3 Å². The number of aromatic nitrogens is 2. The van der Waals surface area contributed by atoms with Crippen molar-refractivity contribution in [2.45, 2.75) is 25.3 Å². The van der Waals surface area contributed by atoms with Gasteiger partial charge in [0.25, 0.3) is 0 Å². The van der Waals surface area contributed by atoms with Gasteiger partial charge < -0.3 is 10.6 Å². The molecule has 1 aromatic carbocycles. The van der Waals surface area contributed by atoms with Gasteiger partial charge in [0.1, 0.15) is 11.6 Å². The number of hydrogen-bond acceptors (Lipinski definition) is 6. The predicted molar refractivity (Wildman–Crippen MR) is 100 cm³/mol. The Balaban J connectivity index is 1.43. The molecule has 29 heavy (non-hydrogen) atoms. The number of anilines is 2. The smallest absolute Gasteiger partial charge is 0.246 e. The Morgan fingerprint density at radius 3 is 2.45 bits per heavy atom. The van der Waals surface area contributed by atoms with Gasteiger partial charge in [0.05, 0.1) is 12.2 Å². The van der Waals surface area contributed by atoms with Gasteiger partial charge in [0, 0.05) is 37.7 Å². The number of rotatable bonds is 3. The molecule has 0 bridgehead atoms. The fourth-order valence-electron chi connectivity index (χ4n) is 3.71. The fraction of sp³-hybridized carbons (Fsp3) is 0.368. The summed E-state index contributed by atoms with van der Waals surface area (Å²) in [7, 11) is 0. The lowest BCUT2D eigenvalue weighted by molar-refractivity contribution is -0.138. The average molecular weight is 404 g/mol. The summed E-state index contributed by atoms with van der Waals surface area (Å²) >= 11 is 0. The summed E-state index contributed by atoms with van der Waals surface area (Å²) in [6.45, 7) is 0.997. The van der Waals surface area contributed by atoms with E-state index in [1.165, 1.54) is 17.1 Å². The fourth-order valence-corrected chi connectivity index (χ4v) is 3.71. The average Bonchev–Trinajstić information content (AvgIpc) is 3.19. The second-order valence-corrected chi connectivity index (χ2v) is 7.10. The molecule has 152 valence electrons. The molecule has 0 saturated carbocycles. The van der Waals surface area contributed by atoms with Crippen LogP contribution < -0.4 is 10.6 Å². The van der Waals surface area contributed by atoms with Gasteiger partial charge in [-0.25, -0.2) is 23.2 Å². The first-order chi connectivity index (χ1) is 13.9. The Labute approximate surface area is 165 Å². The van der Waals surface area contributed by atoms with Crippen LogP contribution in [-0.2, 0) is 4.79 Å². The summed E-state index contributed by atoms with van der Waals surface area (Å²) in [5, 5.41) is 5.46. The van der Waals surface area contributed by atoms with Crippen molar-refractivity contribution in [3.05, 3.63) is 47.4 Å². The minimum Gasteiger partial charge on any atom is -0.381 e. The topological polar surface area (TPSA) is 87.7 Å². The molecule has 1 unspecified atom stereocenters. The zero-order chi connectivity index (χ0) is 20.5. The van der Waals surface area contributed by atoms with Crippen molar-refractivity contribution < 1.29 is 18.0 Å². The minimum atomic E-state index is -0.689. The number of nitrogens with zero attached hydrogens (tertiary/aromatic N) is 5. The van der Waals surface area contributed by atoms with Crippen molar-refractivity contribution in [1.82, 2.24) is 15.0 Å². The summed E-state index contributed by atoms with van der Waals surface area (Å²) in [5.74, 6) is -2.43. The Morgan fingerprint density at radius 1 is 1.10 bits per heavy atom. The first-order valence-electron chi connectivity index (χ1n) is 9.27. The highest BCUT2D eigenvalue weighted by Crippen LogP contribution is 2.33. The van der Waals surface area contributed by atoms with Crippen LogP contribution >= 0.6 is 0 Å². The molecule has 1 fully saturated rings. The van der Waals surface area contributed by atoms with Crippen LogP contribution in [0.2, 0.25) is 0 Å². The van der Waals surface area contributed by atoms with E-state index < -0.39 is 23.5 Å². The molecule has 10 heteroatoms. The Bertz CT molecular complexity index is 941. The van der Waals surface area contributed by atoms with Crippen LogP contribution in [0.15, 0.2) is 29.5 Å². The van der Waals surface area contributed by atoms with Gasteiger partial charge >= 0.3 is 0 Å². The quantitative estimate of drug-likeness (QED) is 0.850. The van der Waals surface area contributed by atoms with E-state index in [0.29, 0.717) is 43.9 Å². The van der Waals surface area contributed by atoms with Gasteiger partial charge in [-0.2, -0.15) is 10.1 Å². The maximum absolute atomic E-state index is 13.6. The van der Waals surface area contributed by atoms with Gasteiger partial charge in [-0.3, -0.25) is 4.79 Å². The molecular weight excluding hydrogens is 385 g/mol. The van der Waals surface area contributed by atoms with E-state index in [-0.39, 0.29) is 17.6 Å². The molecule has 0 radical (unpaired) electrons. The lowest BCUT2D eigenvalue weighted by atomic mass is 9.94. The van der Waals surface area contributed by atoms with Crippen molar-refractivity contribution in [3.8, 4) is 0 Å². The largest absolute Gasteiger partial charge is 0.381 e. The highest BCUT2D eigenvalue weighted by atomic mass is 19.1. The van der Waals surface area contributed by atoms with E-state index in [9.17, 15) is 18.0 Å². The third kappa shape index (κ3) is 3.87. The minimum absolute atomic E-state index is 0.187. The number of nitrogen functional groups attached to an aromatic ring is 1. The van der Waals surface area contributed by atoms with E-state index in [4.69, 9.17) is 5.73 Å². The Kier molecular flexibility index (Phi) is 5.08. The van der Waals surface area contributed by atoms with Crippen LogP contribution in [0, 0.1) is 23.4 Å². The van der Waals surface area contributed by atoms with Gasteiger partial charge in [-0.15, -0.1) is 0 Å². The summed E-state index contributed by atoms with van der Waals surface area (Å²) < 4.78 is 40.4. The monoisotopic (exact) mass is 404 g/mol. The van der Waals surface area contributed by atoms with Gasteiger partial charge in [0.2, 0.25) is 11.9 Å². The summed E-state index contributed by atoms with van der Waals surface area (Å²) in [5.41, 5.74) is 5.87. The first-order valence-corrected chi connectivity index (χ1v) is 9.27. The van der Waals surface area contributed by atoms with Crippen molar-refractivity contribution in [2.75, 3.05) is 23.7 Å². The molecule has 1 amide bonds. The zero-order valence-corrected chi connectivity index (χ0v) is 15.4. The zero-order valence-electron chi connectivity index (χ0n) is 15.4. The molecule has 1 aromatic heterocycles. The second kappa shape index (κ2) is 7.69. The third-order valence-corrected chi connectivity index (χ3v) is 5.21. The SMILES string of the molecule is Nc1nc(N2CCC(C(=O)N3N=CCC3c3cc(F)cc(F)c3)CC2)ncc1F. The number of halogens is 3. The van der Waals surface area contributed by atoms with Gasteiger partial charge in [-0.05, 0) is 30.5 Å². The molecule has 2 N–H and O–H groups in total. The molecule has 2 aliphatic heterocycles. The molecule has 0 aliphatic carbocycles. The normalized spacial score (nSPS) is 19.8. The van der Waals surface area contributed by atoms with Crippen LogP contribution in [0.3, 0.4) is 0 Å². The molecule has 4 rings (SSSR count). The molecule has 7 nitrogen and oxygen atoms in total. The highest BCUT2D eigenvalue weighted by molar-refractivity contribution is 5.82. The number of amides is 1. The number of piperidine rings is 1. The number of hydrogen-bond donors (Lipinski definition) is 1. The molecular formula is C19H19F3N6O. The van der Waals surface area contributed by atoms with E-state index in [1.807, 2.05) is 4.90 Å². The van der Waals surface area contributed by atoms with Crippen molar-refractivity contribution in [2.24, 2.45) is 11.0 Å². The van der Waals surface area contributed by atoms with E-state index in [2.05, 4.69) is 15.1 Å². The van der Waals surface area contributed by atoms with Crippen molar-refractivity contribution >= 4 is 23.9 Å². The van der Waals surface area contributed by atoms with E-state index >= 15 is 0 Å². The molecule has 3 heterocycles. The summed E-state index contributed by atoms with van der Waals surface area (Å²) in [4.78, 5) is 22.7. The molecule has 1 atom stereocenters. The number of hydrazone groups is 1. The molecule has 1 saturated heterocycles. The van der Waals surface area contributed by atoms with Gasteiger partial charge in [0.15, 0.2) is 11.6 Å². The third-order valence-electron chi connectivity index (χ3n) is 5.21. The lowest BCUT2D eigenvalue weighted by Gasteiger charge is -2.33. The number of benzene rings is 1. The molecule has 2 aromatic rings. The first kappa shape index (κ1) is 19.2. The number of carbonyl (C=O) groups excluding carboxylic acids is 1. The predicted octanol–water partition coefficient (Wildman–Crippen LogP) is 2.65. The Morgan fingerprint density at radius 2 is 1.79 bits per heavy atom. The maximum Gasteiger partial charge on any atom is 0.246 e. The Hall–Kier alpha value is -3.17.